The third-order valence-corrected chi connectivity index (χ3v) is 13.1. The molecule has 0 atom stereocenters. The molecule has 0 saturated carbocycles. The second kappa shape index (κ2) is 10.00. The Morgan fingerprint density at radius 3 is 2.00 bits per heavy atom. The molecule has 3 aromatic rings. The molecule has 0 fully saturated rings. The van der Waals surface area contributed by atoms with Crippen molar-refractivity contribution in [1.29, 1.82) is 0 Å². The zero-order valence-electron chi connectivity index (χ0n) is 20.9. The van der Waals surface area contributed by atoms with Crippen LogP contribution in [0, 0.1) is 0 Å². The van der Waals surface area contributed by atoms with Crippen LogP contribution in [-0.2, 0) is 11.3 Å². The average molecular weight is 485 g/mol. The molecule has 0 N–H and O–H groups in total. The van der Waals surface area contributed by atoms with Crippen LogP contribution >= 0.6 is 0 Å². The topological polar surface area (TPSA) is 57.7 Å². The number of nitrogens with zero attached hydrogens (tertiary/aromatic N) is 2. The molecule has 35 heavy (non-hydrogen) atoms. The van der Waals surface area contributed by atoms with Gasteiger partial charge in [-0.2, -0.15) is 0 Å². The molecular formula is C29H32N2O3Si. The molecule has 6 heteroatoms. The van der Waals surface area contributed by atoms with Crippen LogP contribution in [0.4, 0.5) is 11.4 Å². The van der Waals surface area contributed by atoms with Gasteiger partial charge < -0.3 is 4.90 Å². The smallest absolute Gasteiger partial charge is 0.264 e. The Bertz CT molecular complexity index is 1250. The quantitative estimate of drug-likeness (QED) is 0.401. The van der Waals surface area contributed by atoms with E-state index < -0.39 is 8.07 Å². The van der Waals surface area contributed by atoms with Gasteiger partial charge in [-0.1, -0.05) is 75.3 Å². The number of benzene rings is 3. The summed E-state index contributed by atoms with van der Waals surface area (Å²) in [7, 11) is -2.09. The predicted octanol–water partition coefficient (Wildman–Crippen LogP) is 5.76. The number of hydrogen-bond acceptors (Lipinski definition) is 3. The van der Waals surface area contributed by atoms with Crippen molar-refractivity contribution in [1.82, 2.24) is 0 Å². The van der Waals surface area contributed by atoms with Crippen LogP contribution in [-0.4, -0.2) is 25.8 Å². The number of hydrogen-bond donors (Lipinski definition) is 0. The number of rotatable bonds is 7. The van der Waals surface area contributed by atoms with Crippen LogP contribution in [0.5, 0.6) is 0 Å². The zero-order chi connectivity index (χ0) is 25.2. The van der Waals surface area contributed by atoms with Gasteiger partial charge in [0.2, 0.25) is 5.91 Å². The number of fused-ring (bicyclic) bond motifs is 1. The van der Waals surface area contributed by atoms with Crippen LogP contribution in [0.1, 0.15) is 54.0 Å². The molecule has 0 unspecified atom stereocenters. The minimum Gasteiger partial charge on any atom is -0.304 e. The fourth-order valence-electron chi connectivity index (χ4n) is 5.26. The second-order valence-electron chi connectivity index (χ2n) is 9.12. The third-order valence-electron chi connectivity index (χ3n) is 7.48. The maximum absolute atomic E-state index is 14.1. The van der Waals surface area contributed by atoms with Gasteiger partial charge in [0.1, 0.15) is 0 Å². The lowest BCUT2D eigenvalue weighted by Gasteiger charge is -2.32. The third kappa shape index (κ3) is 4.34. The molecule has 5 nitrogen and oxygen atoms in total. The van der Waals surface area contributed by atoms with Crippen LogP contribution < -0.4 is 15.0 Å². The van der Waals surface area contributed by atoms with Crippen molar-refractivity contribution in [3.8, 4) is 0 Å². The molecule has 4 rings (SSSR count). The van der Waals surface area contributed by atoms with Gasteiger partial charge in [0.05, 0.1) is 20.3 Å². The second-order valence-corrected chi connectivity index (χ2v) is 14.3. The van der Waals surface area contributed by atoms with Crippen LogP contribution in [0.3, 0.4) is 0 Å². The predicted molar refractivity (Wildman–Crippen MR) is 144 cm³/mol. The number of amides is 3. The Labute approximate surface area is 208 Å². The van der Waals surface area contributed by atoms with Crippen molar-refractivity contribution in [2.75, 3.05) is 9.80 Å². The Kier molecular flexibility index (Phi) is 7.03. The highest BCUT2D eigenvalue weighted by molar-refractivity contribution is 6.92. The van der Waals surface area contributed by atoms with Crippen LogP contribution in [0.25, 0.3) is 0 Å². The number of anilines is 2. The zero-order valence-corrected chi connectivity index (χ0v) is 21.9. The molecule has 3 aromatic carbocycles. The van der Waals surface area contributed by atoms with E-state index in [4.69, 9.17) is 0 Å². The van der Waals surface area contributed by atoms with E-state index in [0.29, 0.717) is 23.4 Å². The lowest BCUT2D eigenvalue weighted by atomic mass is 10.0. The Hall–Kier alpha value is -3.51. The van der Waals surface area contributed by atoms with E-state index in [1.165, 1.54) is 11.8 Å². The van der Waals surface area contributed by atoms with E-state index in [1.807, 2.05) is 60.7 Å². The molecular weight excluding hydrogens is 452 g/mol. The summed E-state index contributed by atoms with van der Waals surface area (Å²) in [6.45, 7) is 8.36. The summed E-state index contributed by atoms with van der Waals surface area (Å²) in [5.74, 6) is -0.685. The molecule has 0 radical (unpaired) electrons. The van der Waals surface area contributed by atoms with Gasteiger partial charge in [-0.05, 0) is 47.1 Å². The lowest BCUT2D eigenvalue weighted by Crippen LogP contribution is -2.51. The van der Waals surface area contributed by atoms with Crippen molar-refractivity contribution in [2.24, 2.45) is 0 Å². The molecule has 0 bridgehead atoms. The Morgan fingerprint density at radius 2 is 1.46 bits per heavy atom. The van der Waals surface area contributed by atoms with E-state index >= 15 is 0 Å². The fourth-order valence-corrected chi connectivity index (χ4v) is 9.10. The number of carbonyl (C=O) groups excluding carboxylic acids is 3. The summed E-state index contributed by atoms with van der Waals surface area (Å²) in [5, 5.41) is 0.985. The van der Waals surface area contributed by atoms with Crippen LogP contribution in [0.2, 0.25) is 18.1 Å². The minimum absolute atomic E-state index is 0.0378. The van der Waals surface area contributed by atoms with Gasteiger partial charge in [0.15, 0.2) is 0 Å². The van der Waals surface area contributed by atoms with Crippen molar-refractivity contribution in [3.05, 3.63) is 89.5 Å². The van der Waals surface area contributed by atoms with E-state index in [9.17, 15) is 14.4 Å². The van der Waals surface area contributed by atoms with Gasteiger partial charge in [-0.3, -0.25) is 14.4 Å². The highest BCUT2D eigenvalue weighted by Crippen LogP contribution is 2.32. The monoisotopic (exact) mass is 484 g/mol. The Morgan fingerprint density at radius 1 is 0.886 bits per heavy atom. The number of para-hydroxylation sites is 2. The number of carbonyl (C=O) groups is 3. The molecule has 0 spiro atoms. The largest absolute Gasteiger partial charge is 0.304 e. The van der Waals surface area contributed by atoms with E-state index in [2.05, 4.69) is 20.8 Å². The molecule has 180 valence electrons. The standard InChI is InChI=1S/C29H32N2O3Si/c1-5-35(6-2,7-3)27-19-25-22(20-30(28(25)33)23-14-10-8-11-15-23)18-26(27)29(34)31(21(4)32)24-16-12-9-13-17-24/h8-19H,5-7,20H2,1-4H3. The SMILES string of the molecule is CC[Si](CC)(CC)c1cc2c(cc1C(=O)N(C(C)=O)c1ccccc1)CN(c1ccccc1)C2=O. The molecule has 3 amide bonds. The highest BCUT2D eigenvalue weighted by atomic mass is 28.3. The van der Waals surface area contributed by atoms with Crippen molar-refractivity contribution >= 4 is 42.4 Å². The van der Waals surface area contributed by atoms with Gasteiger partial charge in [-0.15, -0.1) is 0 Å². The first-order valence-corrected chi connectivity index (χ1v) is 14.9. The minimum atomic E-state index is -2.09. The summed E-state index contributed by atoms with van der Waals surface area (Å²) in [6.07, 6.45) is 0. The van der Waals surface area contributed by atoms with E-state index in [-0.39, 0.29) is 17.7 Å². The molecule has 0 saturated heterocycles. The first-order valence-electron chi connectivity index (χ1n) is 12.3. The van der Waals surface area contributed by atoms with Crippen LogP contribution in [0.15, 0.2) is 72.8 Å². The maximum atomic E-state index is 14.1. The molecule has 0 aliphatic carbocycles. The summed E-state index contributed by atoms with van der Waals surface area (Å²) in [4.78, 5) is 43.3. The van der Waals surface area contributed by atoms with E-state index in [0.717, 1.165) is 34.6 Å². The van der Waals surface area contributed by atoms with Gasteiger partial charge in [-0.25, -0.2) is 4.90 Å². The highest BCUT2D eigenvalue weighted by Gasteiger charge is 2.39. The first kappa shape index (κ1) is 24.6. The maximum Gasteiger partial charge on any atom is 0.264 e. The normalized spacial score (nSPS) is 13.0. The van der Waals surface area contributed by atoms with Crippen molar-refractivity contribution < 1.29 is 14.4 Å². The first-order chi connectivity index (χ1) is 16.9. The lowest BCUT2D eigenvalue weighted by molar-refractivity contribution is -0.115. The number of imide groups is 1. The molecule has 1 aliphatic rings. The fraction of sp³-hybridized carbons (Fsp3) is 0.276. The van der Waals surface area contributed by atoms with Gasteiger partial charge in [0.25, 0.3) is 11.8 Å². The average Bonchev–Trinajstić information content (AvgIpc) is 3.21. The van der Waals surface area contributed by atoms with Crippen molar-refractivity contribution in [2.45, 2.75) is 52.4 Å². The van der Waals surface area contributed by atoms with E-state index in [1.54, 1.807) is 17.0 Å². The van der Waals surface area contributed by atoms with Crippen molar-refractivity contribution in [3.63, 3.8) is 0 Å². The summed E-state index contributed by atoms with van der Waals surface area (Å²) < 4.78 is 0. The van der Waals surface area contributed by atoms with Gasteiger partial charge in [0, 0.05) is 23.7 Å². The Balaban J connectivity index is 1.90. The molecule has 0 aromatic heterocycles. The van der Waals surface area contributed by atoms with Gasteiger partial charge >= 0.3 is 0 Å². The summed E-state index contributed by atoms with van der Waals surface area (Å²) >= 11 is 0. The summed E-state index contributed by atoms with van der Waals surface area (Å²) in [5.41, 5.74) is 3.44. The summed E-state index contributed by atoms with van der Waals surface area (Å²) in [6, 6.07) is 25.4. The molecule has 1 aliphatic heterocycles. The molecule has 1 heterocycles.